The van der Waals surface area contributed by atoms with E-state index < -0.39 is 6.10 Å². The third-order valence-corrected chi connectivity index (χ3v) is 2.94. The number of imidazole rings is 1. The fourth-order valence-corrected chi connectivity index (χ4v) is 1.71. The number of aromatic nitrogens is 2. The van der Waals surface area contributed by atoms with Crippen molar-refractivity contribution in [2.24, 2.45) is 7.05 Å². The van der Waals surface area contributed by atoms with Crippen molar-refractivity contribution < 1.29 is 9.84 Å². The molecule has 18 heavy (non-hydrogen) atoms. The molecule has 0 aliphatic rings. The molecule has 0 bridgehead atoms. The molecule has 4 nitrogen and oxygen atoms in total. The van der Waals surface area contributed by atoms with Crippen molar-refractivity contribution in [3.05, 3.63) is 48.0 Å². The molecule has 0 aliphatic heterocycles. The Bertz CT molecular complexity index is 491. The molecule has 1 aromatic carbocycles. The average Bonchev–Trinajstić information content (AvgIpc) is 2.81. The predicted octanol–water partition coefficient (Wildman–Crippen LogP) is 2.44. The largest absolute Gasteiger partial charge is 0.486 e. The number of hydrogen-bond donors (Lipinski definition) is 1. The zero-order chi connectivity index (χ0) is 13.0. The summed E-state index contributed by atoms with van der Waals surface area (Å²) < 4.78 is 7.56. The fourth-order valence-electron chi connectivity index (χ4n) is 1.71. The monoisotopic (exact) mass is 246 g/mol. The van der Waals surface area contributed by atoms with Gasteiger partial charge in [-0.15, -0.1) is 0 Å². The molecule has 1 unspecified atom stereocenters. The molecule has 0 amide bonds. The van der Waals surface area contributed by atoms with E-state index in [2.05, 4.69) is 4.98 Å². The lowest BCUT2D eigenvalue weighted by molar-refractivity contribution is 0.173. The number of nitrogens with zero attached hydrogens (tertiary/aromatic N) is 2. The number of aryl methyl sites for hydroxylation is 1. The molecule has 1 atom stereocenters. The van der Waals surface area contributed by atoms with Crippen molar-refractivity contribution in [1.29, 1.82) is 0 Å². The van der Waals surface area contributed by atoms with Gasteiger partial charge in [0.1, 0.15) is 18.2 Å². The van der Waals surface area contributed by atoms with Gasteiger partial charge in [0.25, 0.3) is 0 Å². The number of aliphatic hydroxyl groups excluding tert-OH is 1. The number of benzene rings is 1. The maximum absolute atomic E-state index is 9.68. The highest BCUT2D eigenvalue weighted by Crippen LogP contribution is 2.20. The number of hydrogen-bond acceptors (Lipinski definition) is 3. The highest BCUT2D eigenvalue weighted by Gasteiger charge is 2.05. The van der Waals surface area contributed by atoms with Gasteiger partial charge in [-0.3, -0.25) is 0 Å². The second-order valence-corrected chi connectivity index (χ2v) is 4.24. The second kappa shape index (κ2) is 5.69. The molecular weight excluding hydrogens is 228 g/mol. The van der Waals surface area contributed by atoms with Crippen LogP contribution in [0, 0.1) is 0 Å². The number of rotatable bonds is 5. The first-order valence-electron chi connectivity index (χ1n) is 6.07. The first kappa shape index (κ1) is 12.6. The summed E-state index contributed by atoms with van der Waals surface area (Å²) in [6, 6.07) is 7.53. The second-order valence-electron chi connectivity index (χ2n) is 4.24. The van der Waals surface area contributed by atoms with Crippen LogP contribution in [0.4, 0.5) is 0 Å². The van der Waals surface area contributed by atoms with Crippen LogP contribution in [0.3, 0.4) is 0 Å². The van der Waals surface area contributed by atoms with E-state index in [4.69, 9.17) is 4.74 Å². The molecule has 0 fully saturated rings. The van der Waals surface area contributed by atoms with Crippen molar-refractivity contribution in [2.75, 3.05) is 0 Å². The van der Waals surface area contributed by atoms with Gasteiger partial charge >= 0.3 is 0 Å². The summed E-state index contributed by atoms with van der Waals surface area (Å²) in [5, 5.41) is 9.68. The molecule has 1 heterocycles. The smallest absolute Gasteiger partial charge is 0.146 e. The standard InChI is InChI=1S/C14H18N2O2/c1-3-13(17)11-4-6-12(7-5-11)18-10-14-15-8-9-16(14)2/h4-9,13,17H,3,10H2,1-2H3. The van der Waals surface area contributed by atoms with Gasteiger partial charge in [0.2, 0.25) is 0 Å². The van der Waals surface area contributed by atoms with Crippen LogP contribution in [0.5, 0.6) is 5.75 Å². The molecular formula is C14H18N2O2. The van der Waals surface area contributed by atoms with Crippen LogP contribution in [0.25, 0.3) is 0 Å². The Balaban J connectivity index is 1.96. The first-order valence-corrected chi connectivity index (χ1v) is 6.07. The lowest BCUT2D eigenvalue weighted by Crippen LogP contribution is -2.03. The topological polar surface area (TPSA) is 47.3 Å². The van der Waals surface area contributed by atoms with Gasteiger partial charge in [-0.05, 0) is 24.1 Å². The van der Waals surface area contributed by atoms with Gasteiger partial charge in [-0.1, -0.05) is 19.1 Å². The van der Waals surface area contributed by atoms with Crippen molar-refractivity contribution >= 4 is 0 Å². The van der Waals surface area contributed by atoms with Crippen LogP contribution in [0.15, 0.2) is 36.7 Å². The predicted molar refractivity (Wildman–Crippen MR) is 69.2 cm³/mol. The van der Waals surface area contributed by atoms with E-state index in [9.17, 15) is 5.11 Å². The van der Waals surface area contributed by atoms with E-state index in [1.165, 1.54) is 0 Å². The van der Waals surface area contributed by atoms with Crippen LogP contribution >= 0.6 is 0 Å². The molecule has 0 radical (unpaired) electrons. The van der Waals surface area contributed by atoms with Crippen LogP contribution < -0.4 is 4.74 Å². The highest BCUT2D eigenvalue weighted by atomic mass is 16.5. The van der Waals surface area contributed by atoms with Gasteiger partial charge in [0.15, 0.2) is 0 Å². The zero-order valence-electron chi connectivity index (χ0n) is 10.7. The van der Waals surface area contributed by atoms with Crippen LogP contribution in [-0.4, -0.2) is 14.7 Å². The molecule has 2 aromatic rings. The maximum Gasteiger partial charge on any atom is 0.146 e. The minimum absolute atomic E-state index is 0.395. The van der Waals surface area contributed by atoms with Crippen LogP contribution in [0.2, 0.25) is 0 Å². The lowest BCUT2D eigenvalue weighted by atomic mass is 10.1. The van der Waals surface area contributed by atoms with E-state index in [1.807, 2.05) is 49.0 Å². The van der Waals surface area contributed by atoms with Crippen molar-refractivity contribution in [3.63, 3.8) is 0 Å². The quantitative estimate of drug-likeness (QED) is 0.881. The van der Waals surface area contributed by atoms with Gasteiger partial charge in [0.05, 0.1) is 6.10 Å². The minimum Gasteiger partial charge on any atom is -0.486 e. The van der Waals surface area contributed by atoms with Crippen LogP contribution in [0.1, 0.15) is 30.8 Å². The number of ether oxygens (including phenoxy) is 1. The Morgan fingerprint density at radius 1 is 1.33 bits per heavy atom. The Morgan fingerprint density at radius 3 is 2.61 bits per heavy atom. The Morgan fingerprint density at radius 2 is 2.06 bits per heavy atom. The normalized spacial score (nSPS) is 12.4. The summed E-state index contributed by atoms with van der Waals surface area (Å²) in [5.74, 6) is 1.66. The van der Waals surface area contributed by atoms with Gasteiger partial charge < -0.3 is 14.4 Å². The van der Waals surface area contributed by atoms with Crippen molar-refractivity contribution in [2.45, 2.75) is 26.1 Å². The average molecular weight is 246 g/mol. The van der Waals surface area contributed by atoms with E-state index >= 15 is 0 Å². The zero-order valence-corrected chi connectivity index (χ0v) is 10.7. The Kier molecular flexibility index (Phi) is 3.99. The summed E-state index contributed by atoms with van der Waals surface area (Å²) in [5.41, 5.74) is 0.918. The van der Waals surface area contributed by atoms with Crippen molar-refractivity contribution in [1.82, 2.24) is 9.55 Å². The van der Waals surface area contributed by atoms with Gasteiger partial charge in [-0.25, -0.2) is 4.98 Å². The fraction of sp³-hybridized carbons (Fsp3) is 0.357. The van der Waals surface area contributed by atoms with E-state index in [0.717, 1.165) is 17.1 Å². The lowest BCUT2D eigenvalue weighted by Gasteiger charge is -2.10. The summed E-state index contributed by atoms with van der Waals surface area (Å²) in [6.45, 7) is 2.40. The van der Waals surface area contributed by atoms with Gasteiger partial charge in [-0.2, -0.15) is 0 Å². The molecule has 2 rings (SSSR count). The molecule has 96 valence electrons. The summed E-state index contributed by atoms with van der Waals surface area (Å²) in [4.78, 5) is 4.19. The van der Waals surface area contributed by atoms with Gasteiger partial charge in [0, 0.05) is 19.4 Å². The molecule has 0 spiro atoms. The van der Waals surface area contributed by atoms with Crippen LogP contribution in [-0.2, 0) is 13.7 Å². The Hall–Kier alpha value is -1.81. The van der Waals surface area contributed by atoms with Crippen molar-refractivity contribution in [3.8, 4) is 5.75 Å². The third-order valence-electron chi connectivity index (χ3n) is 2.94. The molecule has 4 heteroatoms. The Labute approximate surface area is 107 Å². The summed E-state index contributed by atoms with van der Waals surface area (Å²) in [7, 11) is 1.94. The first-order chi connectivity index (χ1) is 8.70. The molecule has 0 saturated heterocycles. The SMILES string of the molecule is CCC(O)c1ccc(OCc2nccn2C)cc1. The van der Waals surface area contributed by atoms with E-state index in [1.54, 1.807) is 6.20 Å². The molecule has 0 saturated carbocycles. The highest BCUT2D eigenvalue weighted by molar-refractivity contribution is 5.28. The third kappa shape index (κ3) is 2.90. The number of aliphatic hydroxyl groups is 1. The van der Waals surface area contributed by atoms with E-state index in [-0.39, 0.29) is 0 Å². The molecule has 1 N–H and O–H groups in total. The summed E-state index contributed by atoms with van der Waals surface area (Å²) in [6.07, 6.45) is 3.96. The minimum atomic E-state index is -0.395. The summed E-state index contributed by atoms with van der Waals surface area (Å²) >= 11 is 0. The van der Waals surface area contributed by atoms with E-state index in [0.29, 0.717) is 13.0 Å². The molecule has 0 aliphatic carbocycles. The maximum atomic E-state index is 9.68. The molecule has 1 aromatic heterocycles.